The fourth-order valence-electron chi connectivity index (χ4n) is 3.32. The lowest BCUT2D eigenvalue weighted by atomic mass is 9.94. The van der Waals surface area contributed by atoms with Crippen molar-refractivity contribution in [1.82, 2.24) is 9.80 Å². The number of nitrogens with zero attached hydrogens (tertiary/aromatic N) is 2. The first kappa shape index (κ1) is 17.1. The Morgan fingerprint density at radius 1 is 1.41 bits per heavy atom. The summed E-state index contributed by atoms with van der Waals surface area (Å²) in [7, 11) is 0. The van der Waals surface area contributed by atoms with Crippen molar-refractivity contribution in [3.05, 3.63) is 0 Å². The SMILES string of the molecule is C[C@H](N)[C@H]1CCCCN1C(=O)[C@@H]1CC(=O)N(CC(F)(F)F)C1. The van der Waals surface area contributed by atoms with Crippen LogP contribution in [0.1, 0.15) is 32.6 Å². The molecule has 0 spiro atoms. The highest BCUT2D eigenvalue weighted by atomic mass is 19.4. The first-order valence-electron chi connectivity index (χ1n) is 7.59. The Bertz CT molecular complexity index is 440. The van der Waals surface area contributed by atoms with Crippen LogP contribution >= 0.6 is 0 Å². The number of nitrogens with two attached hydrogens (primary N) is 1. The van der Waals surface area contributed by atoms with Gasteiger partial charge in [0.1, 0.15) is 6.54 Å². The fourth-order valence-corrected chi connectivity index (χ4v) is 3.32. The van der Waals surface area contributed by atoms with Crippen LogP contribution in [0.15, 0.2) is 0 Å². The lowest BCUT2D eigenvalue weighted by molar-refractivity contribution is -0.157. The van der Waals surface area contributed by atoms with Crippen molar-refractivity contribution in [1.29, 1.82) is 0 Å². The highest BCUT2D eigenvalue weighted by Crippen LogP contribution is 2.28. The molecule has 0 unspecified atom stereocenters. The van der Waals surface area contributed by atoms with Gasteiger partial charge in [0.2, 0.25) is 11.8 Å². The minimum absolute atomic E-state index is 0.0898. The van der Waals surface area contributed by atoms with Crippen LogP contribution in [-0.4, -0.2) is 59.5 Å². The third-order valence-corrected chi connectivity index (χ3v) is 4.37. The molecule has 0 bridgehead atoms. The summed E-state index contributed by atoms with van der Waals surface area (Å²) >= 11 is 0. The molecule has 8 heteroatoms. The number of halogens is 3. The largest absolute Gasteiger partial charge is 0.406 e. The molecule has 2 heterocycles. The van der Waals surface area contributed by atoms with Gasteiger partial charge in [-0.2, -0.15) is 13.2 Å². The van der Waals surface area contributed by atoms with Crippen LogP contribution in [-0.2, 0) is 9.59 Å². The maximum atomic E-state index is 12.6. The second-order valence-electron chi connectivity index (χ2n) is 6.24. The van der Waals surface area contributed by atoms with Crippen LogP contribution in [0.4, 0.5) is 13.2 Å². The van der Waals surface area contributed by atoms with E-state index in [2.05, 4.69) is 0 Å². The molecule has 0 aromatic rings. The molecule has 2 amide bonds. The Hall–Kier alpha value is -1.31. The molecule has 0 aromatic heterocycles. The molecule has 3 atom stereocenters. The quantitative estimate of drug-likeness (QED) is 0.847. The topological polar surface area (TPSA) is 66.6 Å². The van der Waals surface area contributed by atoms with E-state index in [-0.39, 0.29) is 31.0 Å². The van der Waals surface area contributed by atoms with Gasteiger partial charge in [0.15, 0.2) is 0 Å². The van der Waals surface area contributed by atoms with Crippen LogP contribution in [0.3, 0.4) is 0 Å². The van der Waals surface area contributed by atoms with Crippen molar-refractivity contribution < 1.29 is 22.8 Å². The van der Waals surface area contributed by atoms with Gasteiger partial charge in [0.05, 0.1) is 5.92 Å². The molecule has 2 aliphatic rings. The van der Waals surface area contributed by atoms with Crippen molar-refractivity contribution in [2.45, 2.75) is 50.9 Å². The molecule has 22 heavy (non-hydrogen) atoms. The van der Waals surface area contributed by atoms with Gasteiger partial charge in [-0.3, -0.25) is 9.59 Å². The highest BCUT2D eigenvalue weighted by molar-refractivity contribution is 5.89. The summed E-state index contributed by atoms with van der Waals surface area (Å²) in [6.45, 7) is 0.951. The Morgan fingerprint density at radius 2 is 2.09 bits per heavy atom. The molecule has 0 radical (unpaired) electrons. The van der Waals surface area contributed by atoms with E-state index in [1.165, 1.54) is 0 Å². The lowest BCUT2D eigenvalue weighted by Crippen LogP contribution is -2.53. The van der Waals surface area contributed by atoms with E-state index in [9.17, 15) is 22.8 Å². The maximum Gasteiger partial charge on any atom is 0.406 e. The molecule has 2 rings (SSSR count). The molecule has 5 nitrogen and oxygen atoms in total. The Morgan fingerprint density at radius 3 is 2.68 bits per heavy atom. The van der Waals surface area contributed by atoms with Crippen LogP contribution in [0.25, 0.3) is 0 Å². The van der Waals surface area contributed by atoms with Crippen molar-refractivity contribution in [3.8, 4) is 0 Å². The van der Waals surface area contributed by atoms with Crippen LogP contribution in [0.5, 0.6) is 0 Å². The smallest absolute Gasteiger partial charge is 0.338 e. The summed E-state index contributed by atoms with van der Waals surface area (Å²) in [5, 5.41) is 0. The lowest BCUT2D eigenvalue weighted by Gasteiger charge is -2.39. The average molecular weight is 321 g/mol. The third-order valence-electron chi connectivity index (χ3n) is 4.37. The molecule has 0 saturated carbocycles. The van der Waals surface area contributed by atoms with E-state index in [0.717, 1.165) is 24.2 Å². The first-order chi connectivity index (χ1) is 10.2. The average Bonchev–Trinajstić information content (AvgIpc) is 2.77. The summed E-state index contributed by atoms with van der Waals surface area (Å²) in [5.41, 5.74) is 5.91. The summed E-state index contributed by atoms with van der Waals surface area (Å²) < 4.78 is 37.3. The zero-order valence-corrected chi connectivity index (χ0v) is 12.6. The molecular formula is C14H22F3N3O2. The summed E-state index contributed by atoms with van der Waals surface area (Å²) in [6.07, 6.45) is -1.93. The van der Waals surface area contributed by atoms with Crippen molar-refractivity contribution >= 4 is 11.8 Å². The van der Waals surface area contributed by atoms with E-state index >= 15 is 0 Å². The van der Waals surface area contributed by atoms with Gasteiger partial charge in [-0.1, -0.05) is 0 Å². The third kappa shape index (κ3) is 3.91. The van der Waals surface area contributed by atoms with Gasteiger partial charge in [0.25, 0.3) is 0 Å². The standard InChI is InChI=1S/C14H22F3N3O2/c1-9(18)11-4-2-3-5-20(11)13(22)10-6-12(21)19(7-10)8-14(15,16)17/h9-11H,2-8,18H2,1H3/t9-,10+,11+/m0/s1. The molecule has 126 valence electrons. The monoisotopic (exact) mass is 321 g/mol. The summed E-state index contributed by atoms with van der Waals surface area (Å²) in [4.78, 5) is 26.7. The van der Waals surface area contributed by atoms with Gasteiger partial charge in [-0.25, -0.2) is 0 Å². The second-order valence-corrected chi connectivity index (χ2v) is 6.24. The Balaban J connectivity index is 2.02. The Labute approximate surface area is 127 Å². The number of hydrogen-bond donors (Lipinski definition) is 1. The molecule has 2 fully saturated rings. The number of carbonyl (C=O) groups excluding carboxylic acids is 2. The fraction of sp³-hybridized carbons (Fsp3) is 0.857. The van der Waals surface area contributed by atoms with Gasteiger partial charge >= 0.3 is 6.18 Å². The van der Waals surface area contributed by atoms with Crippen molar-refractivity contribution in [3.63, 3.8) is 0 Å². The number of carbonyl (C=O) groups is 2. The predicted molar refractivity (Wildman–Crippen MR) is 73.7 cm³/mol. The summed E-state index contributed by atoms with van der Waals surface area (Å²) in [5.74, 6) is -1.53. The van der Waals surface area contributed by atoms with Gasteiger partial charge in [-0.15, -0.1) is 0 Å². The maximum absolute atomic E-state index is 12.6. The molecule has 2 saturated heterocycles. The van der Waals surface area contributed by atoms with E-state index in [0.29, 0.717) is 6.54 Å². The van der Waals surface area contributed by atoms with E-state index in [1.54, 1.807) is 4.90 Å². The van der Waals surface area contributed by atoms with Gasteiger partial charge in [0, 0.05) is 31.6 Å². The zero-order chi connectivity index (χ0) is 16.5. The number of alkyl halides is 3. The van der Waals surface area contributed by atoms with Crippen molar-refractivity contribution in [2.24, 2.45) is 11.7 Å². The number of rotatable bonds is 3. The van der Waals surface area contributed by atoms with Gasteiger partial charge < -0.3 is 15.5 Å². The molecular weight excluding hydrogens is 299 g/mol. The number of amides is 2. The van der Waals surface area contributed by atoms with E-state index < -0.39 is 24.5 Å². The van der Waals surface area contributed by atoms with Crippen LogP contribution in [0, 0.1) is 5.92 Å². The minimum atomic E-state index is -4.44. The van der Waals surface area contributed by atoms with Gasteiger partial charge in [-0.05, 0) is 26.2 Å². The zero-order valence-electron chi connectivity index (χ0n) is 12.6. The second kappa shape index (κ2) is 6.44. The van der Waals surface area contributed by atoms with Crippen LogP contribution in [0.2, 0.25) is 0 Å². The summed E-state index contributed by atoms with van der Waals surface area (Å²) in [6, 6.07) is -0.277. The molecule has 0 aliphatic carbocycles. The highest BCUT2D eigenvalue weighted by Gasteiger charge is 2.43. The van der Waals surface area contributed by atoms with Crippen molar-refractivity contribution in [2.75, 3.05) is 19.6 Å². The number of piperidine rings is 1. The minimum Gasteiger partial charge on any atom is -0.338 e. The molecule has 0 aromatic carbocycles. The predicted octanol–water partition coefficient (Wildman–Crippen LogP) is 1.13. The normalized spacial score (nSPS) is 28.1. The molecule has 2 aliphatic heterocycles. The Kier molecular flexibility index (Phi) is 4.99. The first-order valence-corrected chi connectivity index (χ1v) is 7.59. The number of likely N-dealkylation sites (tertiary alicyclic amines) is 2. The van der Waals surface area contributed by atoms with Crippen LogP contribution < -0.4 is 5.73 Å². The van der Waals surface area contributed by atoms with E-state index in [4.69, 9.17) is 5.73 Å². The number of hydrogen-bond acceptors (Lipinski definition) is 3. The van der Waals surface area contributed by atoms with E-state index in [1.807, 2.05) is 6.92 Å². The molecule has 2 N–H and O–H groups in total.